The van der Waals surface area contributed by atoms with Crippen LogP contribution in [0.15, 0.2) is 30.3 Å². The number of carbonyl (C=O) groups excluding carboxylic acids is 1. The predicted molar refractivity (Wildman–Crippen MR) is 69.7 cm³/mol. The molecule has 1 nitrogen and oxygen atoms in total. The number of thioether (sulfide) groups is 1. The van der Waals surface area contributed by atoms with Crippen LogP contribution in [0, 0.1) is 0 Å². The van der Waals surface area contributed by atoms with Gasteiger partial charge in [0.05, 0.1) is 0 Å². The molecule has 15 heavy (non-hydrogen) atoms. The van der Waals surface area contributed by atoms with Gasteiger partial charge in [-0.1, -0.05) is 44.2 Å². The van der Waals surface area contributed by atoms with Crippen LogP contribution in [0.3, 0.4) is 0 Å². The summed E-state index contributed by atoms with van der Waals surface area (Å²) in [4.78, 5) is 10.6. The maximum absolute atomic E-state index is 10.6. The highest BCUT2D eigenvalue weighted by atomic mass is 32.2. The van der Waals surface area contributed by atoms with Gasteiger partial charge in [-0.05, 0) is 19.6 Å². The highest BCUT2D eigenvalue weighted by molar-refractivity contribution is 7.99. The minimum absolute atomic E-state index is 0.121. The Kier molecular flexibility index (Phi) is 8.11. The number of Topliss-reactive ketones (excluding diaryl/α,β-unsaturated/α-hetero) is 1. The average molecular weight is 224 g/mol. The summed E-state index contributed by atoms with van der Waals surface area (Å²) in [5.74, 6) is 0.121. The highest BCUT2D eigenvalue weighted by Crippen LogP contribution is 2.06. The molecule has 1 aromatic rings. The molecule has 0 aliphatic carbocycles. The molecule has 1 unspecified atom stereocenters. The van der Waals surface area contributed by atoms with Gasteiger partial charge < -0.3 is 0 Å². The second-order valence-corrected chi connectivity index (χ2v) is 4.65. The first-order valence-corrected chi connectivity index (χ1v) is 6.49. The van der Waals surface area contributed by atoms with Crippen LogP contribution in [0.5, 0.6) is 0 Å². The molecule has 0 saturated carbocycles. The van der Waals surface area contributed by atoms with Gasteiger partial charge in [-0.25, -0.2) is 0 Å². The fraction of sp³-hybridized carbons (Fsp3) is 0.462. The molecule has 0 N–H and O–H groups in total. The zero-order valence-corrected chi connectivity index (χ0v) is 10.8. The van der Waals surface area contributed by atoms with Gasteiger partial charge in [0.25, 0.3) is 0 Å². The molecule has 0 bridgehead atoms. The summed E-state index contributed by atoms with van der Waals surface area (Å²) in [6, 6.07) is 9.23. The molecule has 84 valence electrons. The van der Waals surface area contributed by atoms with Gasteiger partial charge in [0.15, 0.2) is 5.78 Å². The van der Waals surface area contributed by atoms with E-state index in [2.05, 4.69) is 20.1 Å². The van der Waals surface area contributed by atoms with Crippen molar-refractivity contribution in [3.8, 4) is 0 Å². The molecule has 0 saturated heterocycles. The van der Waals surface area contributed by atoms with Crippen molar-refractivity contribution in [1.29, 1.82) is 0 Å². The fourth-order valence-corrected chi connectivity index (χ4v) is 1.17. The van der Waals surface area contributed by atoms with Crippen LogP contribution in [0.4, 0.5) is 0 Å². The molecule has 0 heterocycles. The van der Waals surface area contributed by atoms with Gasteiger partial charge in [0, 0.05) is 10.8 Å². The normalized spacial score (nSPS) is 11.2. The Morgan fingerprint density at radius 3 is 2.07 bits per heavy atom. The van der Waals surface area contributed by atoms with Crippen LogP contribution in [-0.2, 0) is 0 Å². The van der Waals surface area contributed by atoms with Crippen LogP contribution in [-0.4, -0.2) is 17.3 Å². The van der Waals surface area contributed by atoms with Crippen molar-refractivity contribution in [1.82, 2.24) is 0 Å². The van der Waals surface area contributed by atoms with E-state index in [0.29, 0.717) is 0 Å². The zero-order chi connectivity index (χ0) is 11.7. The molecule has 0 radical (unpaired) electrons. The van der Waals surface area contributed by atoms with Crippen molar-refractivity contribution in [3.05, 3.63) is 35.9 Å². The van der Waals surface area contributed by atoms with E-state index in [4.69, 9.17) is 0 Å². The molecule has 1 atom stereocenters. The quantitative estimate of drug-likeness (QED) is 0.721. The molecule has 1 rings (SSSR count). The lowest BCUT2D eigenvalue weighted by Crippen LogP contribution is -1.88. The van der Waals surface area contributed by atoms with Crippen LogP contribution >= 0.6 is 11.8 Å². The molecule has 0 fully saturated rings. The molecule has 0 amide bonds. The number of carbonyl (C=O) groups is 1. The largest absolute Gasteiger partial charge is 0.295 e. The Morgan fingerprint density at radius 2 is 1.87 bits per heavy atom. The average Bonchev–Trinajstić information content (AvgIpc) is 2.30. The second-order valence-electron chi connectivity index (χ2n) is 3.38. The molecule has 2 heteroatoms. The summed E-state index contributed by atoms with van der Waals surface area (Å²) in [6.07, 6.45) is 3.44. The third kappa shape index (κ3) is 7.20. The molecule has 1 aromatic carbocycles. The number of hydrogen-bond donors (Lipinski definition) is 0. The maximum atomic E-state index is 10.6. The second kappa shape index (κ2) is 8.54. The summed E-state index contributed by atoms with van der Waals surface area (Å²) in [5, 5.41) is 0.852. The smallest absolute Gasteiger partial charge is 0.159 e. The Hall–Kier alpha value is -0.760. The van der Waals surface area contributed by atoms with E-state index >= 15 is 0 Å². The van der Waals surface area contributed by atoms with Gasteiger partial charge >= 0.3 is 0 Å². The first-order valence-electron chi connectivity index (χ1n) is 5.20. The molecule has 0 aliphatic heterocycles. The molecule has 0 aliphatic rings. The number of rotatable bonds is 3. The minimum Gasteiger partial charge on any atom is -0.295 e. The topological polar surface area (TPSA) is 17.1 Å². The minimum atomic E-state index is 0.121. The van der Waals surface area contributed by atoms with E-state index < -0.39 is 0 Å². The molecular weight excluding hydrogens is 204 g/mol. The van der Waals surface area contributed by atoms with E-state index in [0.717, 1.165) is 10.8 Å². The highest BCUT2D eigenvalue weighted by Gasteiger charge is 1.92. The van der Waals surface area contributed by atoms with Crippen molar-refractivity contribution in [2.75, 3.05) is 6.26 Å². The zero-order valence-electron chi connectivity index (χ0n) is 9.99. The van der Waals surface area contributed by atoms with Gasteiger partial charge in [0.2, 0.25) is 0 Å². The lowest BCUT2D eigenvalue weighted by atomic mass is 10.2. The predicted octanol–water partition coefficient (Wildman–Crippen LogP) is 4.04. The van der Waals surface area contributed by atoms with Crippen molar-refractivity contribution in [2.24, 2.45) is 0 Å². The van der Waals surface area contributed by atoms with Gasteiger partial charge in [-0.3, -0.25) is 4.79 Å². The Bertz CT molecular complexity index is 265. The van der Waals surface area contributed by atoms with Crippen LogP contribution in [0.2, 0.25) is 0 Å². The van der Waals surface area contributed by atoms with Crippen LogP contribution in [0.1, 0.15) is 37.6 Å². The Balaban J connectivity index is 0.000000288. The van der Waals surface area contributed by atoms with E-state index in [1.807, 2.05) is 42.1 Å². The maximum Gasteiger partial charge on any atom is 0.159 e. The number of ketones is 1. The summed E-state index contributed by atoms with van der Waals surface area (Å²) >= 11 is 1.92. The molecular formula is C13H20OS. The van der Waals surface area contributed by atoms with Crippen LogP contribution < -0.4 is 0 Å². The van der Waals surface area contributed by atoms with E-state index in [1.54, 1.807) is 6.92 Å². The van der Waals surface area contributed by atoms with Crippen molar-refractivity contribution < 1.29 is 4.79 Å². The molecule has 0 aromatic heterocycles. The lowest BCUT2D eigenvalue weighted by molar-refractivity contribution is 0.101. The van der Waals surface area contributed by atoms with E-state index in [9.17, 15) is 4.79 Å². The van der Waals surface area contributed by atoms with Crippen molar-refractivity contribution in [3.63, 3.8) is 0 Å². The summed E-state index contributed by atoms with van der Waals surface area (Å²) in [7, 11) is 0. The molecule has 0 spiro atoms. The summed E-state index contributed by atoms with van der Waals surface area (Å²) in [5.41, 5.74) is 0.775. The standard InChI is InChI=1S/C8H8O.C5H12S/c1-7(9)8-5-3-2-4-6-8;1-4-5(2)6-3/h2-6H,1H3;5H,4H2,1-3H3. The van der Waals surface area contributed by atoms with Crippen molar-refractivity contribution >= 4 is 17.5 Å². The first-order chi connectivity index (χ1) is 7.11. The van der Waals surface area contributed by atoms with Gasteiger partial charge in [0.1, 0.15) is 0 Å². The van der Waals surface area contributed by atoms with Crippen molar-refractivity contribution in [2.45, 2.75) is 32.4 Å². The fourth-order valence-electron chi connectivity index (χ4n) is 0.840. The Morgan fingerprint density at radius 1 is 1.33 bits per heavy atom. The third-order valence-electron chi connectivity index (χ3n) is 2.16. The van der Waals surface area contributed by atoms with Gasteiger partial charge in [-0.2, -0.15) is 11.8 Å². The number of hydrogen-bond acceptors (Lipinski definition) is 2. The number of benzene rings is 1. The van der Waals surface area contributed by atoms with Crippen LogP contribution in [0.25, 0.3) is 0 Å². The lowest BCUT2D eigenvalue weighted by Gasteiger charge is -1.98. The van der Waals surface area contributed by atoms with Gasteiger partial charge in [-0.15, -0.1) is 0 Å². The Labute approximate surface area is 97.3 Å². The van der Waals surface area contributed by atoms with E-state index in [1.165, 1.54) is 6.42 Å². The SMILES string of the molecule is CC(=O)c1ccccc1.CCC(C)SC. The summed E-state index contributed by atoms with van der Waals surface area (Å²) < 4.78 is 0. The summed E-state index contributed by atoms with van der Waals surface area (Å²) in [6.45, 7) is 6.02. The monoisotopic (exact) mass is 224 g/mol. The van der Waals surface area contributed by atoms with E-state index in [-0.39, 0.29) is 5.78 Å². The third-order valence-corrected chi connectivity index (χ3v) is 3.30. The first kappa shape index (κ1) is 14.2.